The van der Waals surface area contributed by atoms with Crippen molar-refractivity contribution in [3.8, 4) is 0 Å². The van der Waals surface area contributed by atoms with E-state index in [4.69, 9.17) is 4.74 Å². The number of hydrogen-bond acceptors (Lipinski definition) is 4. The van der Waals surface area contributed by atoms with Gasteiger partial charge < -0.3 is 14.9 Å². The fraction of sp³-hybridized carbons (Fsp3) is 0.960. The summed E-state index contributed by atoms with van der Waals surface area (Å²) < 4.78 is 34.0. The molecule has 2 N–H and O–H groups in total. The first kappa shape index (κ1) is 23.4. The molecule has 0 aromatic carbocycles. The molecule has 4 fully saturated rings. The number of aliphatic hydroxyl groups excluding tert-OH is 2. The molecule has 0 aliphatic heterocycles. The van der Waals surface area contributed by atoms with Crippen LogP contribution in [-0.2, 0) is 9.53 Å². The Morgan fingerprint density at radius 1 is 1.10 bits per heavy atom. The Morgan fingerprint density at radius 2 is 1.77 bits per heavy atom. The molecule has 4 rings (SSSR count). The van der Waals surface area contributed by atoms with Gasteiger partial charge in [-0.25, -0.2) is 8.78 Å². The summed E-state index contributed by atoms with van der Waals surface area (Å²) >= 11 is 0. The highest BCUT2D eigenvalue weighted by atomic mass is 19.3. The zero-order chi connectivity index (χ0) is 22.8. The minimum atomic E-state index is -3.04. The van der Waals surface area contributed by atoms with Gasteiger partial charge in [0.25, 0.3) is 5.92 Å². The average Bonchev–Trinajstić information content (AvgIpc) is 3.05. The summed E-state index contributed by atoms with van der Waals surface area (Å²) in [5.41, 5.74) is -0.444. The summed E-state index contributed by atoms with van der Waals surface area (Å²) in [6.45, 7) is 6.58. The molecule has 0 aromatic heterocycles. The van der Waals surface area contributed by atoms with Gasteiger partial charge in [-0.3, -0.25) is 4.79 Å². The third-order valence-corrected chi connectivity index (χ3v) is 10.5. The lowest BCUT2D eigenvalue weighted by atomic mass is 9.43. The van der Waals surface area contributed by atoms with Crippen molar-refractivity contribution in [2.24, 2.45) is 46.3 Å². The molecule has 0 amide bonds. The van der Waals surface area contributed by atoms with Gasteiger partial charge in [0.05, 0.1) is 13.2 Å². The van der Waals surface area contributed by atoms with Gasteiger partial charge >= 0.3 is 5.97 Å². The molecule has 178 valence electrons. The maximum Gasteiger partial charge on any atom is 0.305 e. The maximum absolute atomic E-state index is 14.6. The molecule has 0 radical (unpaired) electrons. The molecule has 4 unspecified atom stereocenters. The molecule has 4 aliphatic rings. The summed E-state index contributed by atoms with van der Waals surface area (Å²) in [6.07, 6.45) is 3.51. The second kappa shape index (κ2) is 7.93. The van der Waals surface area contributed by atoms with Gasteiger partial charge in [-0.2, -0.15) is 0 Å². The highest BCUT2D eigenvalue weighted by Gasteiger charge is 2.66. The Morgan fingerprint density at radius 3 is 2.45 bits per heavy atom. The highest BCUT2D eigenvalue weighted by Crippen LogP contribution is 2.69. The van der Waals surface area contributed by atoms with Gasteiger partial charge in [0.2, 0.25) is 0 Å². The first-order valence-electron chi connectivity index (χ1n) is 12.2. The molecular formula is C25H40F2O4. The fourth-order valence-electron chi connectivity index (χ4n) is 8.85. The van der Waals surface area contributed by atoms with E-state index < -0.39 is 23.5 Å². The van der Waals surface area contributed by atoms with E-state index in [0.29, 0.717) is 30.6 Å². The van der Waals surface area contributed by atoms with Crippen molar-refractivity contribution in [1.29, 1.82) is 0 Å². The highest BCUT2D eigenvalue weighted by molar-refractivity contribution is 5.69. The molecule has 0 bridgehead atoms. The van der Waals surface area contributed by atoms with Crippen LogP contribution in [0.2, 0.25) is 0 Å². The number of carbonyl (C=O) groups excluding carboxylic acids is 1. The largest absolute Gasteiger partial charge is 0.469 e. The second-order valence-electron chi connectivity index (χ2n) is 11.8. The Balaban J connectivity index is 1.56. The fourth-order valence-corrected chi connectivity index (χ4v) is 8.85. The molecule has 31 heavy (non-hydrogen) atoms. The first-order chi connectivity index (χ1) is 14.4. The van der Waals surface area contributed by atoms with E-state index in [9.17, 15) is 23.8 Å². The van der Waals surface area contributed by atoms with Crippen LogP contribution in [0.1, 0.15) is 78.6 Å². The van der Waals surface area contributed by atoms with Crippen molar-refractivity contribution in [2.45, 2.75) is 96.7 Å². The van der Waals surface area contributed by atoms with Crippen LogP contribution in [-0.4, -0.2) is 41.4 Å². The van der Waals surface area contributed by atoms with E-state index in [0.717, 1.165) is 32.1 Å². The predicted octanol–water partition coefficient (Wildman–Crippen LogP) is 4.81. The summed E-state index contributed by atoms with van der Waals surface area (Å²) in [7, 11) is 1.42. The van der Waals surface area contributed by atoms with Crippen molar-refractivity contribution in [3.05, 3.63) is 0 Å². The molecule has 6 heteroatoms. The Kier molecular flexibility index (Phi) is 5.99. The van der Waals surface area contributed by atoms with Gasteiger partial charge in [-0.15, -0.1) is 0 Å². The van der Waals surface area contributed by atoms with Gasteiger partial charge in [0.15, 0.2) is 0 Å². The monoisotopic (exact) mass is 442 g/mol. The topological polar surface area (TPSA) is 66.8 Å². The van der Waals surface area contributed by atoms with E-state index >= 15 is 0 Å². The van der Waals surface area contributed by atoms with Crippen LogP contribution < -0.4 is 0 Å². The molecule has 10 atom stereocenters. The Labute approximate surface area is 185 Å². The SMILES string of the molecule is COC(=O)CC[C@@H](C)[C@H]1CCC2C3C(O)C[C@@H]4C[C@@H](O)C(F)(F)C[C@]4(C)C3CC[C@@]21C. The zero-order valence-electron chi connectivity index (χ0n) is 19.4. The number of methoxy groups -OCH3 is 1. The normalized spacial score (nSPS) is 49.5. The molecule has 0 spiro atoms. The minimum Gasteiger partial charge on any atom is -0.469 e. The van der Waals surface area contributed by atoms with Crippen LogP contribution in [0.25, 0.3) is 0 Å². The second-order valence-corrected chi connectivity index (χ2v) is 11.8. The molecular weight excluding hydrogens is 402 g/mol. The number of hydrogen-bond donors (Lipinski definition) is 2. The number of alkyl halides is 2. The van der Waals surface area contributed by atoms with Crippen LogP contribution in [0.4, 0.5) is 8.78 Å². The van der Waals surface area contributed by atoms with Crippen molar-refractivity contribution in [1.82, 2.24) is 0 Å². The molecule has 4 saturated carbocycles. The number of fused-ring (bicyclic) bond motifs is 5. The van der Waals surface area contributed by atoms with Crippen molar-refractivity contribution < 1.29 is 28.5 Å². The van der Waals surface area contributed by atoms with Gasteiger partial charge in [0, 0.05) is 12.8 Å². The van der Waals surface area contributed by atoms with E-state index in [2.05, 4.69) is 13.8 Å². The van der Waals surface area contributed by atoms with E-state index in [1.807, 2.05) is 6.92 Å². The third-order valence-electron chi connectivity index (χ3n) is 10.5. The predicted molar refractivity (Wildman–Crippen MR) is 113 cm³/mol. The lowest BCUT2D eigenvalue weighted by Crippen LogP contribution is -2.62. The molecule has 4 aliphatic carbocycles. The molecule has 0 heterocycles. The third kappa shape index (κ3) is 3.64. The molecule has 0 aromatic rings. The van der Waals surface area contributed by atoms with Crippen LogP contribution >= 0.6 is 0 Å². The summed E-state index contributed by atoms with van der Waals surface area (Å²) in [4.78, 5) is 11.6. The number of esters is 1. The standard InChI is InChI=1S/C25H40F2O4/c1-14(5-8-21(30)31-4)16-6-7-17-22-18(9-10-23(16,17)2)24(3)13-25(26,27)20(29)12-15(24)11-19(22)28/h14-20,22,28-29H,5-13H2,1-4H3/t14-,15-,16-,17?,18?,19?,20-,22?,23-,24+/m1/s1. The van der Waals surface area contributed by atoms with E-state index in [-0.39, 0.29) is 42.0 Å². The number of halogens is 2. The van der Waals surface area contributed by atoms with Gasteiger partial charge in [-0.05, 0) is 91.3 Å². The molecule has 0 saturated heterocycles. The Hall–Kier alpha value is -0.750. The minimum absolute atomic E-state index is 0.0427. The van der Waals surface area contributed by atoms with Crippen molar-refractivity contribution >= 4 is 5.97 Å². The Bertz CT molecular complexity index is 699. The summed E-state index contributed by atoms with van der Waals surface area (Å²) in [6, 6.07) is 0. The van der Waals surface area contributed by atoms with Gasteiger partial charge in [-0.1, -0.05) is 20.8 Å². The number of carbonyl (C=O) groups is 1. The summed E-state index contributed by atoms with van der Waals surface area (Å²) in [5, 5.41) is 21.2. The smallest absolute Gasteiger partial charge is 0.305 e. The van der Waals surface area contributed by atoms with Crippen LogP contribution in [0.5, 0.6) is 0 Å². The summed E-state index contributed by atoms with van der Waals surface area (Å²) in [5.74, 6) is -1.90. The maximum atomic E-state index is 14.6. The van der Waals surface area contributed by atoms with Crippen molar-refractivity contribution in [3.63, 3.8) is 0 Å². The average molecular weight is 443 g/mol. The lowest BCUT2D eigenvalue weighted by Gasteiger charge is -2.63. The van der Waals surface area contributed by atoms with Crippen LogP contribution in [0.3, 0.4) is 0 Å². The zero-order valence-corrected chi connectivity index (χ0v) is 19.4. The molecule has 4 nitrogen and oxygen atoms in total. The number of ether oxygens (including phenoxy) is 1. The van der Waals surface area contributed by atoms with E-state index in [1.165, 1.54) is 7.11 Å². The quantitative estimate of drug-likeness (QED) is 0.613. The van der Waals surface area contributed by atoms with Crippen molar-refractivity contribution in [2.75, 3.05) is 7.11 Å². The van der Waals surface area contributed by atoms with Crippen LogP contribution in [0.15, 0.2) is 0 Å². The van der Waals surface area contributed by atoms with Crippen LogP contribution in [0, 0.1) is 46.3 Å². The lowest BCUT2D eigenvalue weighted by molar-refractivity contribution is -0.236. The number of aliphatic hydroxyl groups is 2. The van der Waals surface area contributed by atoms with E-state index in [1.54, 1.807) is 0 Å². The van der Waals surface area contributed by atoms with Gasteiger partial charge in [0.1, 0.15) is 6.10 Å². The first-order valence-corrected chi connectivity index (χ1v) is 12.2. The number of rotatable bonds is 4.